The van der Waals surface area contributed by atoms with E-state index in [4.69, 9.17) is 5.11 Å². The molecule has 4 heteroatoms. The van der Waals surface area contributed by atoms with Crippen LogP contribution in [0.15, 0.2) is 22.9 Å². The highest BCUT2D eigenvalue weighted by Gasteiger charge is 1.98. The highest BCUT2D eigenvalue weighted by atomic mass is 79.9. The van der Waals surface area contributed by atoms with Gasteiger partial charge in [-0.1, -0.05) is 6.07 Å². The summed E-state index contributed by atoms with van der Waals surface area (Å²) in [6.45, 7) is 1.71. The molecule has 0 fully saturated rings. The monoisotopic (exact) mass is 237 g/mol. The Labute approximate surface area is 80.2 Å². The summed E-state index contributed by atoms with van der Waals surface area (Å²) in [4.78, 5) is 3.96. The molecular weight excluding hydrogens is 229 g/mol. The molecule has 1 heterocycles. The van der Waals surface area contributed by atoms with E-state index in [2.05, 4.69) is 20.9 Å². The van der Waals surface area contributed by atoms with Crippen LogP contribution in [0.2, 0.25) is 0 Å². The molecule has 1 N–H and O–H groups in total. The quantitative estimate of drug-likeness (QED) is 0.762. The van der Waals surface area contributed by atoms with E-state index in [1.165, 1.54) is 0 Å². The average molecular weight is 239 g/mol. The van der Waals surface area contributed by atoms with Crippen molar-refractivity contribution in [3.63, 3.8) is 0 Å². The van der Waals surface area contributed by atoms with Gasteiger partial charge in [-0.05, 0) is 34.5 Å². The summed E-state index contributed by atoms with van der Waals surface area (Å²) in [6, 6.07) is 3.64. The Hall–Kier alpha value is -0.120. The molecule has 0 bridgehead atoms. The Bertz CT molecular complexity index is 212. The third-order valence-electron chi connectivity index (χ3n) is 1.23. The van der Waals surface area contributed by atoms with E-state index in [1.54, 1.807) is 13.1 Å². The molecule has 0 saturated heterocycles. The van der Waals surface area contributed by atoms with Crippen LogP contribution in [0.4, 0.5) is 0 Å². The number of rotatable bonds is 1. The lowest BCUT2D eigenvalue weighted by atomic mass is 10.2. The number of halogens is 2. The Morgan fingerprint density at radius 3 is 2.55 bits per heavy atom. The van der Waals surface area contributed by atoms with Crippen LogP contribution in [0.25, 0.3) is 0 Å². The van der Waals surface area contributed by atoms with Gasteiger partial charge in [0.25, 0.3) is 0 Å². The summed E-state index contributed by atoms with van der Waals surface area (Å²) in [5.41, 5.74) is 0.836. The molecule has 0 spiro atoms. The summed E-state index contributed by atoms with van der Waals surface area (Å²) < 4.78 is 0.789. The molecule has 0 radical (unpaired) electrons. The van der Waals surface area contributed by atoms with E-state index >= 15 is 0 Å². The third kappa shape index (κ3) is 3.18. The molecule has 0 aliphatic rings. The Balaban J connectivity index is 0.000001000. The maximum absolute atomic E-state index is 9.06. The predicted molar refractivity (Wildman–Crippen MR) is 49.8 cm³/mol. The lowest BCUT2D eigenvalue weighted by Crippen LogP contribution is -1.90. The van der Waals surface area contributed by atoms with Crippen molar-refractivity contribution < 1.29 is 5.11 Å². The van der Waals surface area contributed by atoms with E-state index in [-0.39, 0.29) is 12.4 Å². The van der Waals surface area contributed by atoms with Crippen LogP contribution in [0.3, 0.4) is 0 Å². The highest BCUT2D eigenvalue weighted by Crippen LogP contribution is 2.12. The maximum Gasteiger partial charge on any atom is 0.106 e. The van der Waals surface area contributed by atoms with Crippen molar-refractivity contribution in [3.8, 4) is 0 Å². The minimum atomic E-state index is -0.430. The molecule has 1 rings (SSSR count). The fourth-order valence-electron chi connectivity index (χ4n) is 0.634. The molecule has 0 amide bonds. The molecule has 2 nitrogen and oxygen atoms in total. The zero-order valence-electron chi connectivity index (χ0n) is 5.99. The Morgan fingerprint density at radius 1 is 1.55 bits per heavy atom. The van der Waals surface area contributed by atoms with Gasteiger partial charge in [0.1, 0.15) is 4.60 Å². The second-order valence-corrected chi connectivity index (χ2v) is 2.90. The fraction of sp³-hybridized carbons (Fsp3) is 0.286. The minimum absolute atomic E-state index is 0. The van der Waals surface area contributed by atoms with Gasteiger partial charge in [-0.25, -0.2) is 4.98 Å². The van der Waals surface area contributed by atoms with Crippen LogP contribution in [0, 0.1) is 0 Å². The normalized spacial score (nSPS) is 11.9. The summed E-state index contributed by atoms with van der Waals surface area (Å²) in [7, 11) is 0. The number of nitrogens with zero attached hydrogens (tertiary/aromatic N) is 1. The molecule has 1 aromatic heterocycles. The minimum Gasteiger partial charge on any atom is -0.389 e. The average Bonchev–Trinajstić information content (AvgIpc) is 1.88. The van der Waals surface area contributed by atoms with Gasteiger partial charge >= 0.3 is 0 Å². The summed E-state index contributed by atoms with van der Waals surface area (Å²) in [5.74, 6) is 0. The molecule has 0 unspecified atom stereocenters. The van der Waals surface area contributed by atoms with Crippen LogP contribution < -0.4 is 0 Å². The Kier molecular flexibility index (Phi) is 4.65. The number of aliphatic hydroxyl groups is 1. The second kappa shape index (κ2) is 4.70. The fourth-order valence-corrected chi connectivity index (χ4v) is 0.869. The van der Waals surface area contributed by atoms with Gasteiger partial charge in [0, 0.05) is 6.20 Å². The van der Waals surface area contributed by atoms with Crippen LogP contribution >= 0.6 is 28.3 Å². The van der Waals surface area contributed by atoms with E-state index in [1.807, 2.05) is 12.1 Å². The molecule has 1 aromatic rings. The predicted octanol–water partition coefficient (Wildman–Crippen LogP) is 2.32. The maximum atomic E-state index is 9.06. The first-order valence-corrected chi connectivity index (χ1v) is 3.79. The first kappa shape index (κ1) is 10.9. The first-order valence-electron chi connectivity index (χ1n) is 2.99. The smallest absolute Gasteiger partial charge is 0.106 e. The Morgan fingerprint density at radius 2 is 2.18 bits per heavy atom. The van der Waals surface area contributed by atoms with Crippen LogP contribution in [0.1, 0.15) is 18.6 Å². The standard InChI is InChI=1S/C7H8BrNO.ClH/c1-5(10)6-2-3-7(8)9-4-6;/h2-5,10H,1H3;1H/t5-;/m0./s1. The van der Waals surface area contributed by atoms with E-state index < -0.39 is 6.10 Å². The molecule has 0 saturated carbocycles. The van der Waals surface area contributed by atoms with E-state index in [0.717, 1.165) is 10.2 Å². The third-order valence-corrected chi connectivity index (χ3v) is 1.70. The number of aromatic nitrogens is 1. The number of hydrogen-bond acceptors (Lipinski definition) is 2. The van der Waals surface area contributed by atoms with Crippen molar-refractivity contribution in [2.75, 3.05) is 0 Å². The molecule has 0 aliphatic carbocycles. The van der Waals surface area contributed by atoms with E-state index in [9.17, 15) is 0 Å². The van der Waals surface area contributed by atoms with E-state index in [0.29, 0.717) is 0 Å². The molecule has 11 heavy (non-hydrogen) atoms. The van der Waals surface area contributed by atoms with Crippen molar-refractivity contribution in [2.24, 2.45) is 0 Å². The van der Waals surface area contributed by atoms with Crippen LogP contribution in [-0.4, -0.2) is 10.1 Å². The van der Waals surface area contributed by atoms with Gasteiger partial charge < -0.3 is 5.11 Å². The van der Waals surface area contributed by atoms with Crippen molar-refractivity contribution in [2.45, 2.75) is 13.0 Å². The summed E-state index contributed by atoms with van der Waals surface area (Å²) in [6.07, 6.45) is 1.22. The van der Waals surface area contributed by atoms with Gasteiger partial charge in [-0.3, -0.25) is 0 Å². The molecule has 62 valence electrons. The molecule has 1 atom stereocenters. The topological polar surface area (TPSA) is 33.1 Å². The lowest BCUT2D eigenvalue weighted by molar-refractivity contribution is 0.199. The zero-order valence-corrected chi connectivity index (χ0v) is 8.39. The van der Waals surface area contributed by atoms with Crippen molar-refractivity contribution >= 4 is 28.3 Å². The van der Waals surface area contributed by atoms with Crippen LogP contribution in [0.5, 0.6) is 0 Å². The lowest BCUT2D eigenvalue weighted by Gasteiger charge is -2.01. The van der Waals surface area contributed by atoms with Gasteiger partial charge in [-0.2, -0.15) is 0 Å². The van der Waals surface area contributed by atoms with Crippen molar-refractivity contribution in [3.05, 3.63) is 28.5 Å². The second-order valence-electron chi connectivity index (χ2n) is 2.09. The van der Waals surface area contributed by atoms with Crippen molar-refractivity contribution in [1.82, 2.24) is 4.98 Å². The first-order chi connectivity index (χ1) is 4.70. The van der Waals surface area contributed by atoms with Gasteiger partial charge in [0.2, 0.25) is 0 Å². The highest BCUT2D eigenvalue weighted by molar-refractivity contribution is 9.10. The SMILES string of the molecule is C[C@H](O)c1ccc(Br)nc1.Cl. The summed E-state index contributed by atoms with van der Waals surface area (Å²) >= 11 is 3.20. The number of pyridine rings is 1. The number of hydrogen-bond donors (Lipinski definition) is 1. The number of aliphatic hydroxyl groups excluding tert-OH is 1. The van der Waals surface area contributed by atoms with Gasteiger partial charge in [-0.15, -0.1) is 12.4 Å². The molecule has 0 aromatic carbocycles. The largest absolute Gasteiger partial charge is 0.389 e. The summed E-state index contributed by atoms with van der Waals surface area (Å²) in [5, 5.41) is 9.06. The molecular formula is C7H9BrClNO. The van der Waals surface area contributed by atoms with Gasteiger partial charge in [0.15, 0.2) is 0 Å². The van der Waals surface area contributed by atoms with Crippen molar-refractivity contribution in [1.29, 1.82) is 0 Å². The van der Waals surface area contributed by atoms with Crippen LogP contribution in [-0.2, 0) is 0 Å². The van der Waals surface area contributed by atoms with Gasteiger partial charge in [0.05, 0.1) is 6.10 Å². The molecule has 0 aliphatic heterocycles. The zero-order chi connectivity index (χ0) is 7.56.